The number of pyridine rings is 1. The number of carbonyl (C=O) groups is 2. The molecule has 2 heterocycles. The van der Waals surface area contributed by atoms with Crippen LogP contribution in [0.3, 0.4) is 0 Å². The van der Waals surface area contributed by atoms with E-state index in [4.69, 9.17) is 5.11 Å². The summed E-state index contributed by atoms with van der Waals surface area (Å²) in [5, 5.41) is 9.10. The van der Waals surface area contributed by atoms with E-state index in [0.717, 1.165) is 17.2 Å². The van der Waals surface area contributed by atoms with Gasteiger partial charge in [0.05, 0.1) is 16.5 Å². The fourth-order valence-corrected chi connectivity index (χ4v) is 2.29. The van der Waals surface area contributed by atoms with Crippen LogP contribution in [0.15, 0.2) is 18.5 Å². The zero-order chi connectivity index (χ0) is 15.8. The molecular weight excluding hydrogens is 289 g/mol. The van der Waals surface area contributed by atoms with Crippen LogP contribution in [0.25, 0.3) is 0 Å². The standard InChI is InChI=1S/C13H13F3N2O3/c1-12(11(20)21)3-5-18(7-12)10(19)8-2-4-17-6-9(8)13(14,15)16/h2,4,6H,3,5,7H2,1H3,(H,20,21). The highest BCUT2D eigenvalue weighted by Gasteiger charge is 2.44. The first-order chi connectivity index (χ1) is 9.65. The molecule has 2 rings (SSSR count). The molecule has 1 unspecified atom stereocenters. The number of halogens is 3. The van der Waals surface area contributed by atoms with Gasteiger partial charge in [0, 0.05) is 25.5 Å². The van der Waals surface area contributed by atoms with Gasteiger partial charge in [0.2, 0.25) is 0 Å². The summed E-state index contributed by atoms with van der Waals surface area (Å²) < 4.78 is 38.6. The maximum Gasteiger partial charge on any atom is 0.418 e. The summed E-state index contributed by atoms with van der Waals surface area (Å²) in [6, 6.07) is 1.00. The van der Waals surface area contributed by atoms with Crippen molar-refractivity contribution in [2.24, 2.45) is 5.41 Å². The van der Waals surface area contributed by atoms with Crippen molar-refractivity contribution in [3.63, 3.8) is 0 Å². The van der Waals surface area contributed by atoms with E-state index in [9.17, 15) is 22.8 Å². The van der Waals surface area contributed by atoms with Crippen molar-refractivity contribution in [2.75, 3.05) is 13.1 Å². The minimum absolute atomic E-state index is 0.110. The van der Waals surface area contributed by atoms with Crippen molar-refractivity contribution in [3.8, 4) is 0 Å². The average molecular weight is 302 g/mol. The van der Waals surface area contributed by atoms with Crippen LogP contribution < -0.4 is 0 Å². The smallest absolute Gasteiger partial charge is 0.418 e. The Balaban J connectivity index is 2.29. The van der Waals surface area contributed by atoms with Crippen LogP contribution in [0.5, 0.6) is 0 Å². The molecule has 0 saturated carbocycles. The van der Waals surface area contributed by atoms with E-state index in [2.05, 4.69) is 4.98 Å². The van der Waals surface area contributed by atoms with E-state index in [-0.39, 0.29) is 19.5 Å². The molecule has 21 heavy (non-hydrogen) atoms. The third kappa shape index (κ3) is 2.84. The van der Waals surface area contributed by atoms with Crippen molar-refractivity contribution >= 4 is 11.9 Å². The lowest BCUT2D eigenvalue weighted by molar-refractivity contribution is -0.147. The van der Waals surface area contributed by atoms with Gasteiger partial charge < -0.3 is 10.0 Å². The Labute approximate surface area is 118 Å². The molecule has 5 nitrogen and oxygen atoms in total. The molecule has 1 N–H and O–H groups in total. The van der Waals surface area contributed by atoms with Gasteiger partial charge >= 0.3 is 12.1 Å². The highest BCUT2D eigenvalue weighted by atomic mass is 19.4. The summed E-state index contributed by atoms with van der Waals surface area (Å²) in [5.74, 6) is -1.89. The molecule has 0 bridgehead atoms. The molecule has 1 aromatic heterocycles. The molecule has 1 amide bonds. The molecule has 1 atom stereocenters. The number of amides is 1. The second kappa shape index (κ2) is 5.01. The number of carboxylic acid groups (broad SMARTS) is 1. The third-order valence-electron chi connectivity index (χ3n) is 3.63. The number of aromatic nitrogens is 1. The maximum atomic E-state index is 12.9. The van der Waals surface area contributed by atoms with Gasteiger partial charge in [0.1, 0.15) is 0 Å². The molecule has 1 fully saturated rings. The number of nitrogens with zero attached hydrogens (tertiary/aromatic N) is 2. The van der Waals surface area contributed by atoms with Gasteiger partial charge in [-0.2, -0.15) is 13.2 Å². The van der Waals surface area contributed by atoms with Crippen molar-refractivity contribution in [2.45, 2.75) is 19.5 Å². The van der Waals surface area contributed by atoms with Crippen LogP contribution in [-0.2, 0) is 11.0 Å². The molecule has 0 aliphatic carbocycles. The zero-order valence-corrected chi connectivity index (χ0v) is 11.1. The van der Waals surface area contributed by atoms with Crippen LogP contribution >= 0.6 is 0 Å². The van der Waals surface area contributed by atoms with Crippen LogP contribution in [0, 0.1) is 5.41 Å². The zero-order valence-electron chi connectivity index (χ0n) is 11.1. The second-order valence-electron chi connectivity index (χ2n) is 5.26. The van der Waals surface area contributed by atoms with Crippen LogP contribution in [-0.4, -0.2) is 40.0 Å². The summed E-state index contributed by atoms with van der Waals surface area (Å²) in [6.07, 6.45) is -2.77. The Morgan fingerprint density at radius 2 is 2.10 bits per heavy atom. The van der Waals surface area contributed by atoms with E-state index in [1.807, 2.05) is 0 Å². The lowest BCUT2D eigenvalue weighted by Crippen LogP contribution is -2.35. The highest BCUT2D eigenvalue weighted by Crippen LogP contribution is 2.34. The predicted octanol–water partition coefficient (Wildman–Crippen LogP) is 2.04. The van der Waals surface area contributed by atoms with Gasteiger partial charge in [0.25, 0.3) is 5.91 Å². The molecule has 0 spiro atoms. The van der Waals surface area contributed by atoms with Gasteiger partial charge in [-0.3, -0.25) is 14.6 Å². The van der Waals surface area contributed by atoms with Crippen molar-refractivity contribution < 1.29 is 27.9 Å². The molecule has 8 heteroatoms. The van der Waals surface area contributed by atoms with Gasteiger partial charge in [-0.1, -0.05) is 0 Å². The molecule has 1 aliphatic heterocycles. The molecule has 0 radical (unpaired) electrons. The Morgan fingerprint density at radius 1 is 1.43 bits per heavy atom. The Bertz CT molecular complexity index is 588. The summed E-state index contributed by atoms with van der Waals surface area (Å²) in [4.78, 5) is 27.9. The van der Waals surface area contributed by atoms with Crippen LogP contribution in [0.2, 0.25) is 0 Å². The fourth-order valence-electron chi connectivity index (χ4n) is 2.29. The normalized spacial score (nSPS) is 22.4. The van der Waals surface area contributed by atoms with Crippen LogP contribution in [0.1, 0.15) is 29.3 Å². The van der Waals surface area contributed by atoms with E-state index in [0.29, 0.717) is 6.20 Å². The summed E-state index contributed by atoms with van der Waals surface area (Å²) in [6.45, 7) is 1.47. The topological polar surface area (TPSA) is 70.5 Å². The van der Waals surface area contributed by atoms with E-state index >= 15 is 0 Å². The highest BCUT2D eigenvalue weighted by molar-refractivity contribution is 5.96. The van der Waals surface area contributed by atoms with Crippen molar-refractivity contribution in [3.05, 3.63) is 29.6 Å². The van der Waals surface area contributed by atoms with E-state index in [1.54, 1.807) is 0 Å². The molecule has 0 aromatic carbocycles. The number of hydrogen-bond donors (Lipinski definition) is 1. The third-order valence-corrected chi connectivity index (χ3v) is 3.63. The average Bonchev–Trinajstić information content (AvgIpc) is 2.81. The second-order valence-corrected chi connectivity index (χ2v) is 5.26. The lowest BCUT2D eigenvalue weighted by atomic mass is 9.90. The molecule has 1 aliphatic rings. The van der Waals surface area contributed by atoms with Crippen molar-refractivity contribution in [1.82, 2.24) is 9.88 Å². The molecule has 114 valence electrons. The number of aliphatic carboxylic acids is 1. The number of alkyl halides is 3. The van der Waals surface area contributed by atoms with Crippen molar-refractivity contribution in [1.29, 1.82) is 0 Å². The SMILES string of the molecule is CC1(C(=O)O)CCN(C(=O)c2ccncc2C(F)(F)F)C1. The summed E-state index contributed by atoms with van der Waals surface area (Å²) in [7, 11) is 0. The fraction of sp³-hybridized carbons (Fsp3) is 0.462. The number of likely N-dealkylation sites (tertiary alicyclic amines) is 1. The van der Waals surface area contributed by atoms with E-state index < -0.39 is 34.6 Å². The van der Waals surface area contributed by atoms with E-state index in [1.165, 1.54) is 6.92 Å². The van der Waals surface area contributed by atoms with Gasteiger partial charge in [0.15, 0.2) is 0 Å². The number of carboxylic acids is 1. The Kier molecular flexibility index (Phi) is 3.65. The number of rotatable bonds is 2. The van der Waals surface area contributed by atoms with Gasteiger partial charge in [-0.05, 0) is 19.4 Å². The van der Waals surface area contributed by atoms with Gasteiger partial charge in [-0.25, -0.2) is 0 Å². The lowest BCUT2D eigenvalue weighted by Gasteiger charge is -2.21. The molecule has 1 aromatic rings. The maximum absolute atomic E-state index is 12.9. The Morgan fingerprint density at radius 3 is 2.62 bits per heavy atom. The van der Waals surface area contributed by atoms with Gasteiger partial charge in [-0.15, -0.1) is 0 Å². The Hall–Kier alpha value is -2.12. The minimum atomic E-state index is -4.69. The molecule has 1 saturated heterocycles. The first-order valence-electron chi connectivity index (χ1n) is 6.19. The first kappa shape index (κ1) is 15.3. The summed E-state index contributed by atoms with van der Waals surface area (Å²) >= 11 is 0. The van der Waals surface area contributed by atoms with Crippen LogP contribution in [0.4, 0.5) is 13.2 Å². The first-order valence-corrected chi connectivity index (χ1v) is 6.19. The predicted molar refractivity (Wildman–Crippen MR) is 65.5 cm³/mol. The minimum Gasteiger partial charge on any atom is -0.481 e. The number of hydrogen-bond acceptors (Lipinski definition) is 3. The largest absolute Gasteiger partial charge is 0.481 e. The summed E-state index contributed by atoms with van der Waals surface area (Å²) in [5.41, 5.74) is -2.74. The molecular formula is C13H13F3N2O3. The number of carbonyl (C=O) groups excluding carboxylic acids is 1. The monoisotopic (exact) mass is 302 g/mol. The quantitative estimate of drug-likeness (QED) is 0.907.